The third-order valence-electron chi connectivity index (χ3n) is 7.52. The molecule has 8 heteroatoms. The number of hydrogen-bond donors (Lipinski definition) is 1. The molecule has 0 aromatic carbocycles. The van der Waals surface area contributed by atoms with E-state index in [2.05, 4.69) is 19.8 Å². The van der Waals surface area contributed by atoms with Gasteiger partial charge in [-0.2, -0.15) is 0 Å². The van der Waals surface area contributed by atoms with Crippen LogP contribution in [0.3, 0.4) is 0 Å². The lowest BCUT2D eigenvalue weighted by Crippen LogP contribution is -2.59. The molecule has 3 atom stereocenters. The highest BCUT2D eigenvalue weighted by Gasteiger charge is 2.54. The Morgan fingerprint density at radius 2 is 2.13 bits per heavy atom. The zero-order chi connectivity index (χ0) is 21.4. The lowest BCUT2D eigenvalue weighted by molar-refractivity contribution is -0.164. The second-order valence-corrected chi connectivity index (χ2v) is 9.19. The van der Waals surface area contributed by atoms with Gasteiger partial charge in [0, 0.05) is 38.4 Å². The Morgan fingerprint density at radius 1 is 1.29 bits per heavy atom. The van der Waals surface area contributed by atoms with Gasteiger partial charge in [-0.15, -0.1) is 0 Å². The Labute approximate surface area is 183 Å². The zero-order valence-corrected chi connectivity index (χ0v) is 18.6. The molecule has 2 aliphatic heterocycles. The molecule has 1 saturated carbocycles. The Bertz CT molecular complexity index is 940. The molecule has 1 aliphatic carbocycles. The number of carbonyl (C=O) groups is 1. The van der Waals surface area contributed by atoms with Crippen LogP contribution in [0, 0.1) is 18.3 Å². The lowest BCUT2D eigenvalue weighted by atomic mass is 9.61. The molecule has 2 saturated heterocycles. The number of nitrogens with one attached hydrogen (secondary N) is 1. The number of hydrogen-bond acceptors (Lipinski definition) is 7. The average molecular weight is 428 g/mol. The van der Waals surface area contributed by atoms with Crippen LogP contribution in [0.2, 0.25) is 0 Å². The Hall–Kier alpha value is -2.19. The Kier molecular flexibility index (Phi) is 5.60. The van der Waals surface area contributed by atoms with E-state index in [1.165, 1.54) is 0 Å². The highest BCUT2D eigenvalue weighted by atomic mass is 16.5. The monoisotopic (exact) mass is 427 g/mol. The van der Waals surface area contributed by atoms with E-state index in [9.17, 15) is 4.79 Å². The van der Waals surface area contributed by atoms with Gasteiger partial charge in [-0.05, 0) is 51.5 Å². The molecule has 3 fully saturated rings. The molecule has 0 spiro atoms. The van der Waals surface area contributed by atoms with Crippen LogP contribution in [0.4, 0.5) is 5.82 Å². The van der Waals surface area contributed by atoms with E-state index in [1.807, 2.05) is 26.1 Å². The molecular formula is C23H33N5O3. The van der Waals surface area contributed by atoms with Crippen molar-refractivity contribution in [1.82, 2.24) is 19.9 Å². The number of rotatable bonds is 4. The summed E-state index contributed by atoms with van der Waals surface area (Å²) in [6, 6.07) is 2.52. The number of nitrogens with zero attached hydrogens (tertiary/aromatic N) is 4. The van der Waals surface area contributed by atoms with Crippen molar-refractivity contribution in [2.45, 2.75) is 45.6 Å². The molecule has 0 amide bonds. The molecule has 0 unspecified atom stereocenters. The maximum absolute atomic E-state index is 13.4. The van der Waals surface area contributed by atoms with Crippen molar-refractivity contribution >= 4 is 22.8 Å². The number of ether oxygens (including phenoxy) is 2. The normalized spacial score (nSPS) is 29.7. The highest BCUT2D eigenvalue weighted by Crippen LogP contribution is 2.49. The fourth-order valence-corrected chi connectivity index (χ4v) is 5.97. The van der Waals surface area contributed by atoms with Crippen molar-refractivity contribution in [3.8, 4) is 0 Å². The molecule has 0 bridgehead atoms. The molecule has 2 aromatic rings. The van der Waals surface area contributed by atoms with Crippen molar-refractivity contribution < 1.29 is 14.3 Å². The molecule has 8 nitrogen and oxygen atoms in total. The molecule has 4 heterocycles. The number of fused-ring (bicyclic) bond motifs is 2. The minimum Gasteiger partial charge on any atom is -0.466 e. The number of anilines is 1. The second kappa shape index (κ2) is 8.39. The summed E-state index contributed by atoms with van der Waals surface area (Å²) < 4.78 is 11.2. The standard InChI is InChI=1S/C23H33N5O3/c1-3-31-22(29)23-7-4-18(27-10-12-30-13-11-27)14-17(23)6-9-28(15-23)21-20-19(5-8-24-20)25-16(2)26-21/h5,8,17-18,24H,3-4,6-7,9-15H2,1-2H3/t17-,18+,23-/m1/s1. The summed E-state index contributed by atoms with van der Waals surface area (Å²) in [4.78, 5) is 30.8. The van der Waals surface area contributed by atoms with Crippen molar-refractivity contribution in [2.75, 3.05) is 50.9 Å². The molecule has 5 rings (SSSR count). The second-order valence-electron chi connectivity index (χ2n) is 9.19. The highest BCUT2D eigenvalue weighted by molar-refractivity contribution is 5.87. The quantitative estimate of drug-likeness (QED) is 0.751. The first kappa shape index (κ1) is 20.7. The third kappa shape index (κ3) is 3.69. The van der Waals surface area contributed by atoms with E-state index in [0.717, 1.165) is 81.2 Å². The predicted molar refractivity (Wildman–Crippen MR) is 118 cm³/mol. The van der Waals surface area contributed by atoms with E-state index in [-0.39, 0.29) is 5.97 Å². The van der Waals surface area contributed by atoms with Crippen molar-refractivity contribution in [3.05, 3.63) is 18.1 Å². The summed E-state index contributed by atoms with van der Waals surface area (Å²) in [5, 5.41) is 0. The fourth-order valence-electron chi connectivity index (χ4n) is 5.97. The summed E-state index contributed by atoms with van der Waals surface area (Å²) in [6.07, 6.45) is 5.85. The van der Waals surface area contributed by atoms with Gasteiger partial charge in [0.05, 0.1) is 30.8 Å². The summed E-state index contributed by atoms with van der Waals surface area (Å²) in [7, 11) is 0. The first-order valence-corrected chi connectivity index (χ1v) is 11.7. The van der Waals surface area contributed by atoms with Gasteiger partial charge in [-0.3, -0.25) is 9.69 Å². The summed E-state index contributed by atoms with van der Waals surface area (Å²) in [6.45, 7) is 9.45. The third-order valence-corrected chi connectivity index (χ3v) is 7.52. The first-order chi connectivity index (χ1) is 15.1. The first-order valence-electron chi connectivity index (χ1n) is 11.7. The van der Waals surface area contributed by atoms with Crippen molar-refractivity contribution in [3.63, 3.8) is 0 Å². The number of morpholine rings is 1. The van der Waals surface area contributed by atoms with Gasteiger partial charge in [0.25, 0.3) is 0 Å². The molecule has 168 valence electrons. The number of aryl methyl sites for hydroxylation is 1. The smallest absolute Gasteiger partial charge is 0.314 e. The molecule has 1 N–H and O–H groups in total. The van der Waals surface area contributed by atoms with Gasteiger partial charge >= 0.3 is 5.97 Å². The van der Waals surface area contributed by atoms with E-state index >= 15 is 0 Å². The Morgan fingerprint density at radius 3 is 2.94 bits per heavy atom. The molecule has 0 radical (unpaired) electrons. The van der Waals surface area contributed by atoms with E-state index in [1.54, 1.807) is 0 Å². The van der Waals surface area contributed by atoms with Crippen LogP contribution in [-0.2, 0) is 14.3 Å². The van der Waals surface area contributed by atoms with Crippen LogP contribution in [-0.4, -0.2) is 77.9 Å². The number of aromatic amines is 1. The maximum Gasteiger partial charge on any atom is 0.314 e. The Balaban J connectivity index is 1.43. The van der Waals surface area contributed by atoms with Crippen molar-refractivity contribution in [2.24, 2.45) is 11.3 Å². The largest absolute Gasteiger partial charge is 0.466 e. The van der Waals surface area contributed by atoms with Crippen molar-refractivity contribution in [1.29, 1.82) is 0 Å². The molecular weight excluding hydrogens is 394 g/mol. The topological polar surface area (TPSA) is 83.6 Å². The summed E-state index contributed by atoms with van der Waals surface area (Å²) in [5.74, 6) is 1.97. The molecule has 2 aromatic heterocycles. The lowest BCUT2D eigenvalue weighted by Gasteiger charge is -2.52. The number of piperidine rings is 1. The minimum atomic E-state index is -0.463. The summed E-state index contributed by atoms with van der Waals surface area (Å²) >= 11 is 0. The minimum absolute atomic E-state index is 0.0290. The van der Waals surface area contributed by atoms with Gasteiger partial charge in [-0.25, -0.2) is 9.97 Å². The predicted octanol–water partition coefficient (Wildman–Crippen LogP) is 2.53. The van der Waals surface area contributed by atoms with Gasteiger partial charge in [0.2, 0.25) is 0 Å². The number of H-pyrrole nitrogens is 1. The van der Waals surface area contributed by atoms with E-state index in [4.69, 9.17) is 14.5 Å². The van der Waals surface area contributed by atoms with E-state index in [0.29, 0.717) is 25.1 Å². The van der Waals surface area contributed by atoms with Gasteiger partial charge in [0.1, 0.15) is 11.3 Å². The summed E-state index contributed by atoms with van der Waals surface area (Å²) in [5.41, 5.74) is 1.41. The number of aromatic nitrogens is 3. The van der Waals surface area contributed by atoms with E-state index < -0.39 is 5.41 Å². The molecule has 31 heavy (non-hydrogen) atoms. The van der Waals surface area contributed by atoms with Crippen LogP contribution >= 0.6 is 0 Å². The van der Waals surface area contributed by atoms with Gasteiger partial charge < -0.3 is 19.4 Å². The van der Waals surface area contributed by atoms with Gasteiger partial charge in [0.15, 0.2) is 5.82 Å². The SMILES string of the molecule is CCOC(=O)[C@@]12CC[C@H](N3CCOCC3)C[C@H]1CCN(c1nc(C)nc3cc[nH]c13)C2. The maximum atomic E-state index is 13.4. The van der Waals surface area contributed by atoms with Crippen LogP contribution in [0.1, 0.15) is 38.4 Å². The average Bonchev–Trinajstić information content (AvgIpc) is 3.27. The van der Waals surface area contributed by atoms with Crippen LogP contribution in [0.25, 0.3) is 11.0 Å². The van der Waals surface area contributed by atoms with Gasteiger partial charge in [-0.1, -0.05) is 0 Å². The van der Waals surface area contributed by atoms with Crippen LogP contribution < -0.4 is 4.90 Å². The van der Waals surface area contributed by atoms with Crippen LogP contribution in [0.15, 0.2) is 12.3 Å². The number of carbonyl (C=O) groups excluding carboxylic acids is 1. The zero-order valence-electron chi connectivity index (χ0n) is 18.6. The van der Waals surface area contributed by atoms with Crippen LogP contribution in [0.5, 0.6) is 0 Å². The number of esters is 1. The molecule has 3 aliphatic rings. The fraction of sp³-hybridized carbons (Fsp3) is 0.696.